The lowest BCUT2D eigenvalue weighted by Crippen LogP contribution is -2.41. The van der Waals surface area contributed by atoms with Crippen molar-refractivity contribution in [3.05, 3.63) is 0 Å². The molecule has 0 saturated carbocycles. The van der Waals surface area contributed by atoms with Gasteiger partial charge < -0.3 is 35.6 Å². The van der Waals surface area contributed by atoms with Crippen molar-refractivity contribution in [1.82, 2.24) is 16.0 Å². The summed E-state index contributed by atoms with van der Waals surface area (Å²) in [5, 5.41) is 25.2. The molecule has 0 aliphatic heterocycles. The standard InChI is InChI=1S/C23H39N3O10/c1-3-4-6-17(16(2)27)25-21(30)15-36-14-13-35-12-11-24-19(28)10-9-18(23(33)34)26-20(29)7-5-8-22(31)32/h17-18H,3-15H2,1-2H3,(H,24,28)(H,25,30)(H,26,29)(H,31,32)(H,33,34)/t17-,18-/m0/s1. The summed E-state index contributed by atoms with van der Waals surface area (Å²) in [5.74, 6) is -3.82. The molecular formula is C23H39N3O10. The average molecular weight is 518 g/mol. The van der Waals surface area contributed by atoms with E-state index in [0.29, 0.717) is 6.42 Å². The van der Waals surface area contributed by atoms with Crippen LogP contribution in [0.4, 0.5) is 0 Å². The van der Waals surface area contributed by atoms with Gasteiger partial charge in [0, 0.05) is 25.8 Å². The van der Waals surface area contributed by atoms with Crippen LogP contribution in [0, 0.1) is 0 Å². The molecule has 0 bridgehead atoms. The van der Waals surface area contributed by atoms with Crippen LogP contribution in [0.2, 0.25) is 0 Å². The number of carbonyl (C=O) groups excluding carboxylic acids is 4. The largest absolute Gasteiger partial charge is 0.481 e. The number of Topliss-reactive ketones (excluding diaryl/α,β-unsaturated/α-hetero) is 1. The lowest BCUT2D eigenvalue weighted by Gasteiger charge is -2.15. The highest BCUT2D eigenvalue weighted by Gasteiger charge is 2.21. The highest BCUT2D eigenvalue weighted by atomic mass is 16.5. The summed E-state index contributed by atoms with van der Waals surface area (Å²) >= 11 is 0. The van der Waals surface area contributed by atoms with E-state index in [9.17, 15) is 33.9 Å². The van der Waals surface area contributed by atoms with E-state index in [-0.39, 0.29) is 76.8 Å². The van der Waals surface area contributed by atoms with Crippen LogP contribution in [0.3, 0.4) is 0 Å². The maximum atomic E-state index is 11.9. The van der Waals surface area contributed by atoms with Gasteiger partial charge in [0.05, 0.1) is 25.9 Å². The number of carboxylic acid groups (broad SMARTS) is 2. The number of nitrogens with one attached hydrogen (secondary N) is 3. The zero-order chi connectivity index (χ0) is 27.3. The molecule has 206 valence electrons. The van der Waals surface area contributed by atoms with Gasteiger partial charge in [0.1, 0.15) is 12.6 Å². The third kappa shape index (κ3) is 18.3. The Bertz CT molecular complexity index is 729. The summed E-state index contributed by atoms with van der Waals surface area (Å²) in [5.41, 5.74) is 0. The fraction of sp³-hybridized carbons (Fsp3) is 0.739. The SMILES string of the molecule is CCCC[C@H](NC(=O)COCCOCCNC(=O)CC[C@H](NC(=O)CCCC(=O)O)C(=O)O)C(C)=O. The lowest BCUT2D eigenvalue weighted by atomic mass is 10.1. The van der Waals surface area contributed by atoms with Crippen LogP contribution in [0.1, 0.15) is 65.2 Å². The number of carbonyl (C=O) groups is 6. The summed E-state index contributed by atoms with van der Waals surface area (Å²) in [6, 6.07) is -1.76. The number of carboxylic acids is 2. The van der Waals surface area contributed by atoms with Gasteiger partial charge in [-0.15, -0.1) is 0 Å². The van der Waals surface area contributed by atoms with E-state index in [0.717, 1.165) is 12.8 Å². The van der Waals surface area contributed by atoms with Gasteiger partial charge >= 0.3 is 11.9 Å². The van der Waals surface area contributed by atoms with Crippen LogP contribution in [0.5, 0.6) is 0 Å². The Labute approximate surface area is 210 Å². The predicted molar refractivity (Wildman–Crippen MR) is 127 cm³/mol. The second kappa shape index (κ2) is 20.2. The van der Waals surface area contributed by atoms with Gasteiger partial charge in [-0.25, -0.2) is 4.79 Å². The first kappa shape index (κ1) is 32.9. The fourth-order valence-electron chi connectivity index (χ4n) is 2.96. The Balaban J connectivity index is 3.93. The molecule has 0 spiro atoms. The highest BCUT2D eigenvalue weighted by Crippen LogP contribution is 2.02. The number of amides is 3. The first-order chi connectivity index (χ1) is 17.1. The van der Waals surface area contributed by atoms with Crippen molar-refractivity contribution < 1.29 is 48.5 Å². The number of aliphatic carboxylic acids is 2. The molecule has 3 amide bonds. The summed E-state index contributed by atoms with van der Waals surface area (Å²) in [7, 11) is 0. The van der Waals surface area contributed by atoms with Gasteiger partial charge in [0.15, 0.2) is 5.78 Å². The summed E-state index contributed by atoms with van der Waals surface area (Å²) < 4.78 is 10.5. The molecule has 0 unspecified atom stereocenters. The molecule has 0 radical (unpaired) electrons. The molecule has 0 fully saturated rings. The van der Waals surface area contributed by atoms with E-state index in [4.69, 9.17) is 14.6 Å². The van der Waals surface area contributed by atoms with Crippen molar-refractivity contribution in [3.8, 4) is 0 Å². The third-order valence-electron chi connectivity index (χ3n) is 4.93. The van der Waals surface area contributed by atoms with Crippen molar-refractivity contribution in [2.75, 3.05) is 33.0 Å². The molecule has 0 rings (SSSR count). The molecule has 0 heterocycles. The molecule has 13 heteroatoms. The minimum Gasteiger partial charge on any atom is -0.481 e. The molecular weight excluding hydrogens is 478 g/mol. The summed E-state index contributed by atoms with van der Waals surface area (Å²) in [4.78, 5) is 68.7. The fourth-order valence-corrected chi connectivity index (χ4v) is 2.96. The topological polar surface area (TPSA) is 197 Å². The Hall–Kier alpha value is -3.06. The summed E-state index contributed by atoms with van der Waals surface area (Å²) in [6.07, 6.45) is 1.87. The second-order valence-corrected chi connectivity index (χ2v) is 8.13. The van der Waals surface area contributed by atoms with E-state index in [1.165, 1.54) is 6.92 Å². The van der Waals surface area contributed by atoms with Crippen LogP contribution in [0.15, 0.2) is 0 Å². The monoisotopic (exact) mass is 517 g/mol. The molecule has 2 atom stereocenters. The number of rotatable bonds is 22. The Morgan fingerprint density at radius 1 is 0.750 bits per heavy atom. The first-order valence-corrected chi connectivity index (χ1v) is 12.0. The van der Waals surface area contributed by atoms with E-state index in [2.05, 4.69) is 16.0 Å². The van der Waals surface area contributed by atoms with Crippen LogP contribution in [0.25, 0.3) is 0 Å². The van der Waals surface area contributed by atoms with E-state index in [1.54, 1.807) is 0 Å². The average Bonchev–Trinajstić information content (AvgIpc) is 2.80. The van der Waals surface area contributed by atoms with Crippen molar-refractivity contribution >= 4 is 35.4 Å². The Morgan fingerprint density at radius 3 is 2.03 bits per heavy atom. The zero-order valence-electron chi connectivity index (χ0n) is 21.0. The van der Waals surface area contributed by atoms with Crippen molar-refractivity contribution in [3.63, 3.8) is 0 Å². The van der Waals surface area contributed by atoms with E-state index >= 15 is 0 Å². The first-order valence-electron chi connectivity index (χ1n) is 12.0. The number of ether oxygens (including phenoxy) is 2. The van der Waals surface area contributed by atoms with E-state index < -0.39 is 35.8 Å². The maximum Gasteiger partial charge on any atom is 0.326 e. The zero-order valence-corrected chi connectivity index (χ0v) is 21.0. The van der Waals surface area contributed by atoms with Crippen LogP contribution < -0.4 is 16.0 Å². The molecule has 0 aliphatic carbocycles. The Kier molecular flexibility index (Phi) is 18.5. The Morgan fingerprint density at radius 2 is 1.42 bits per heavy atom. The number of hydrogen-bond donors (Lipinski definition) is 5. The molecule has 0 aromatic rings. The van der Waals surface area contributed by atoms with Gasteiger partial charge in [-0.2, -0.15) is 0 Å². The van der Waals surface area contributed by atoms with Crippen molar-refractivity contribution in [1.29, 1.82) is 0 Å². The normalized spacial score (nSPS) is 12.3. The molecule has 5 N–H and O–H groups in total. The van der Waals surface area contributed by atoms with Gasteiger partial charge in [-0.3, -0.25) is 24.0 Å². The van der Waals surface area contributed by atoms with Gasteiger partial charge in [-0.1, -0.05) is 19.8 Å². The highest BCUT2D eigenvalue weighted by molar-refractivity contribution is 5.88. The number of ketones is 1. The molecule has 13 nitrogen and oxygen atoms in total. The number of unbranched alkanes of at least 4 members (excludes halogenated alkanes) is 1. The number of hydrogen-bond acceptors (Lipinski definition) is 8. The minimum atomic E-state index is -1.29. The third-order valence-corrected chi connectivity index (χ3v) is 4.93. The smallest absolute Gasteiger partial charge is 0.326 e. The van der Waals surface area contributed by atoms with Crippen LogP contribution in [-0.4, -0.2) is 90.7 Å². The molecule has 36 heavy (non-hydrogen) atoms. The predicted octanol–water partition coefficient (Wildman–Crippen LogP) is 0.00430. The molecule has 0 aromatic heterocycles. The van der Waals surface area contributed by atoms with Crippen LogP contribution >= 0.6 is 0 Å². The van der Waals surface area contributed by atoms with Gasteiger partial charge in [0.25, 0.3) is 0 Å². The lowest BCUT2D eigenvalue weighted by molar-refractivity contribution is -0.142. The van der Waals surface area contributed by atoms with Crippen LogP contribution in [-0.2, 0) is 38.2 Å². The summed E-state index contributed by atoms with van der Waals surface area (Å²) in [6.45, 7) is 3.92. The quantitative estimate of drug-likeness (QED) is 0.122. The maximum absolute atomic E-state index is 11.9. The molecule has 0 aromatic carbocycles. The van der Waals surface area contributed by atoms with Crippen molar-refractivity contribution in [2.24, 2.45) is 0 Å². The minimum absolute atomic E-state index is 0.0889. The van der Waals surface area contributed by atoms with Gasteiger partial charge in [-0.05, 0) is 26.2 Å². The van der Waals surface area contributed by atoms with Crippen molar-refractivity contribution in [2.45, 2.75) is 77.3 Å². The van der Waals surface area contributed by atoms with Gasteiger partial charge in [0.2, 0.25) is 17.7 Å². The molecule has 0 aliphatic rings. The second-order valence-electron chi connectivity index (χ2n) is 8.13. The van der Waals surface area contributed by atoms with E-state index in [1.807, 2.05) is 6.92 Å². The molecule has 0 saturated heterocycles.